The van der Waals surface area contributed by atoms with Crippen molar-refractivity contribution in [2.75, 3.05) is 13.1 Å². The van der Waals surface area contributed by atoms with Crippen LogP contribution >= 0.6 is 11.6 Å². The summed E-state index contributed by atoms with van der Waals surface area (Å²) in [7, 11) is 0. The lowest BCUT2D eigenvalue weighted by atomic mass is 9.93. The third-order valence-electron chi connectivity index (χ3n) is 3.76. The highest BCUT2D eigenvalue weighted by atomic mass is 35.5. The smallest absolute Gasteiger partial charge is 0.222 e. The summed E-state index contributed by atoms with van der Waals surface area (Å²) in [4.78, 5) is 14.0. The van der Waals surface area contributed by atoms with Crippen molar-refractivity contribution >= 4 is 17.5 Å². The minimum atomic E-state index is 0.242. The minimum Gasteiger partial charge on any atom is -0.343 e. The second kappa shape index (κ2) is 6.48. The minimum absolute atomic E-state index is 0.242. The van der Waals surface area contributed by atoms with Crippen molar-refractivity contribution in [3.8, 4) is 0 Å². The summed E-state index contributed by atoms with van der Waals surface area (Å²) in [5, 5.41) is 0.242. The fraction of sp³-hybridized carbons (Fsp3) is 0.923. The van der Waals surface area contributed by atoms with Gasteiger partial charge in [0.1, 0.15) is 0 Å². The average Bonchev–Trinajstić information content (AvgIpc) is 2.28. The molecule has 1 rings (SSSR count). The second-order valence-corrected chi connectivity index (χ2v) is 5.80. The normalized spacial score (nSPS) is 21.9. The SMILES string of the molecule is CCC(C)CC(=O)N1CCC(C(C)Cl)CC1. The first-order chi connectivity index (χ1) is 7.54. The van der Waals surface area contributed by atoms with Crippen LogP contribution in [0.4, 0.5) is 0 Å². The number of rotatable bonds is 4. The average molecular weight is 246 g/mol. The van der Waals surface area contributed by atoms with Gasteiger partial charge in [-0.1, -0.05) is 20.3 Å². The van der Waals surface area contributed by atoms with Gasteiger partial charge in [-0.25, -0.2) is 0 Å². The van der Waals surface area contributed by atoms with Gasteiger partial charge in [-0.05, 0) is 31.6 Å². The van der Waals surface area contributed by atoms with Crippen molar-refractivity contribution in [3.05, 3.63) is 0 Å². The molecule has 3 heteroatoms. The number of carbonyl (C=O) groups is 1. The van der Waals surface area contributed by atoms with Crippen molar-refractivity contribution < 1.29 is 4.79 Å². The molecule has 2 nitrogen and oxygen atoms in total. The Morgan fingerprint density at radius 1 is 1.38 bits per heavy atom. The van der Waals surface area contributed by atoms with Crippen LogP contribution in [-0.2, 0) is 4.79 Å². The largest absolute Gasteiger partial charge is 0.343 e. The summed E-state index contributed by atoms with van der Waals surface area (Å²) >= 11 is 6.09. The molecular formula is C13H24ClNO. The van der Waals surface area contributed by atoms with Crippen molar-refractivity contribution in [1.82, 2.24) is 4.90 Å². The number of piperidine rings is 1. The molecule has 1 aliphatic heterocycles. The fourth-order valence-corrected chi connectivity index (χ4v) is 2.43. The summed E-state index contributed by atoms with van der Waals surface area (Å²) in [5.74, 6) is 1.43. The van der Waals surface area contributed by atoms with Gasteiger partial charge in [0.2, 0.25) is 5.91 Å². The highest BCUT2D eigenvalue weighted by Crippen LogP contribution is 2.24. The number of hydrogen-bond acceptors (Lipinski definition) is 1. The van der Waals surface area contributed by atoms with Gasteiger partial charge in [0, 0.05) is 24.9 Å². The quantitative estimate of drug-likeness (QED) is 0.696. The predicted octanol–water partition coefficient (Wildman–Crippen LogP) is 3.29. The first-order valence-corrected chi connectivity index (χ1v) is 6.90. The van der Waals surface area contributed by atoms with E-state index in [0.29, 0.717) is 24.2 Å². The van der Waals surface area contributed by atoms with Crippen LogP contribution in [0.15, 0.2) is 0 Å². The molecule has 94 valence electrons. The maximum Gasteiger partial charge on any atom is 0.222 e. The van der Waals surface area contributed by atoms with Gasteiger partial charge in [0.25, 0.3) is 0 Å². The Balaban J connectivity index is 2.33. The van der Waals surface area contributed by atoms with Gasteiger partial charge in [-0.3, -0.25) is 4.79 Å². The molecule has 0 N–H and O–H groups in total. The van der Waals surface area contributed by atoms with E-state index < -0.39 is 0 Å². The van der Waals surface area contributed by atoms with E-state index in [9.17, 15) is 4.79 Å². The molecule has 1 heterocycles. The van der Waals surface area contributed by atoms with Crippen LogP contribution in [0.25, 0.3) is 0 Å². The van der Waals surface area contributed by atoms with Crippen LogP contribution in [0.5, 0.6) is 0 Å². The Morgan fingerprint density at radius 2 is 1.94 bits per heavy atom. The molecule has 0 saturated carbocycles. The Morgan fingerprint density at radius 3 is 2.38 bits per heavy atom. The maximum atomic E-state index is 11.9. The third-order valence-corrected chi connectivity index (χ3v) is 4.12. The van der Waals surface area contributed by atoms with E-state index >= 15 is 0 Å². The number of alkyl halides is 1. The molecule has 16 heavy (non-hydrogen) atoms. The number of halogens is 1. The molecule has 0 aromatic rings. The zero-order valence-corrected chi connectivity index (χ0v) is 11.5. The molecule has 0 spiro atoms. The molecule has 0 radical (unpaired) electrons. The van der Waals surface area contributed by atoms with Crippen molar-refractivity contribution in [2.45, 2.75) is 51.8 Å². The van der Waals surface area contributed by atoms with Crippen LogP contribution < -0.4 is 0 Å². The van der Waals surface area contributed by atoms with E-state index in [2.05, 4.69) is 20.8 Å². The monoisotopic (exact) mass is 245 g/mol. The van der Waals surface area contributed by atoms with Gasteiger partial charge in [0.05, 0.1) is 0 Å². The van der Waals surface area contributed by atoms with E-state index in [-0.39, 0.29) is 5.38 Å². The first-order valence-electron chi connectivity index (χ1n) is 6.46. The van der Waals surface area contributed by atoms with Crippen LogP contribution in [0.1, 0.15) is 46.5 Å². The van der Waals surface area contributed by atoms with Gasteiger partial charge in [-0.2, -0.15) is 0 Å². The Bertz CT molecular complexity index is 222. The number of nitrogens with zero attached hydrogens (tertiary/aromatic N) is 1. The molecule has 0 aliphatic carbocycles. The molecule has 0 aromatic heterocycles. The van der Waals surface area contributed by atoms with Crippen LogP contribution in [0.2, 0.25) is 0 Å². The number of amides is 1. The fourth-order valence-electron chi connectivity index (χ4n) is 2.18. The molecule has 0 bridgehead atoms. The number of hydrogen-bond donors (Lipinski definition) is 0. The van der Waals surface area contributed by atoms with E-state index in [4.69, 9.17) is 11.6 Å². The first kappa shape index (κ1) is 13.8. The summed E-state index contributed by atoms with van der Waals surface area (Å²) in [5.41, 5.74) is 0. The maximum absolute atomic E-state index is 11.9. The standard InChI is InChI=1S/C13H24ClNO/c1-4-10(2)9-13(16)15-7-5-12(6-8-15)11(3)14/h10-12H,4-9H2,1-3H3. The topological polar surface area (TPSA) is 20.3 Å². The third kappa shape index (κ3) is 3.97. The van der Waals surface area contributed by atoms with Gasteiger partial charge >= 0.3 is 0 Å². The molecule has 2 unspecified atom stereocenters. The predicted molar refractivity (Wildman–Crippen MR) is 68.7 cm³/mol. The molecular weight excluding hydrogens is 222 g/mol. The van der Waals surface area contributed by atoms with E-state index in [0.717, 1.165) is 32.4 Å². The number of likely N-dealkylation sites (tertiary alicyclic amines) is 1. The van der Waals surface area contributed by atoms with E-state index in [1.54, 1.807) is 0 Å². The summed E-state index contributed by atoms with van der Waals surface area (Å²) < 4.78 is 0. The zero-order chi connectivity index (χ0) is 12.1. The molecule has 1 amide bonds. The molecule has 0 aromatic carbocycles. The summed E-state index contributed by atoms with van der Waals surface area (Å²) in [6.45, 7) is 8.14. The zero-order valence-electron chi connectivity index (χ0n) is 10.7. The highest BCUT2D eigenvalue weighted by Gasteiger charge is 2.25. The Labute approximate surface area is 104 Å². The van der Waals surface area contributed by atoms with Crippen molar-refractivity contribution in [1.29, 1.82) is 0 Å². The molecule has 1 saturated heterocycles. The van der Waals surface area contributed by atoms with Gasteiger partial charge in [0.15, 0.2) is 0 Å². The molecule has 1 fully saturated rings. The van der Waals surface area contributed by atoms with Crippen LogP contribution in [-0.4, -0.2) is 29.3 Å². The summed E-state index contributed by atoms with van der Waals surface area (Å²) in [6, 6.07) is 0. The summed E-state index contributed by atoms with van der Waals surface area (Å²) in [6.07, 6.45) is 3.92. The van der Waals surface area contributed by atoms with Crippen LogP contribution in [0, 0.1) is 11.8 Å². The molecule has 1 aliphatic rings. The highest BCUT2D eigenvalue weighted by molar-refractivity contribution is 6.20. The van der Waals surface area contributed by atoms with Crippen molar-refractivity contribution in [3.63, 3.8) is 0 Å². The second-order valence-electron chi connectivity index (χ2n) is 5.11. The van der Waals surface area contributed by atoms with E-state index in [1.807, 2.05) is 4.90 Å². The Kier molecular flexibility index (Phi) is 5.60. The molecule has 2 atom stereocenters. The lowest BCUT2D eigenvalue weighted by Crippen LogP contribution is -2.40. The van der Waals surface area contributed by atoms with Crippen LogP contribution in [0.3, 0.4) is 0 Å². The number of carbonyl (C=O) groups excluding carboxylic acids is 1. The van der Waals surface area contributed by atoms with E-state index in [1.165, 1.54) is 0 Å². The Hall–Kier alpha value is -0.240. The lowest BCUT2D eigenvalue weighted by molar-refractivity contribution is -0.133. The lowest BCUT2D eigenvalue weighted by Gasteiger charge is -2.33. The van der Waals surface area contributed by atoms with Crippen molar-refractivity contribution in [2.24, 2.45) is 11.8 Å². The van der Waals surface area contributed by atoms with Gasteiger partial charge < -0.3 is 4.90 Å². The van der Waals surface area contributed by atoms with Gasteiger partial charge in [-0.15, -0.1) is 11.6 Å².